The summed E-state index contributed by atoms with van der Waals surface area (Å²) in [4.78, 5) is 2.45. The SMILES string of the molecule is Cc1c(N)nsc1N1CC(C)CC(C)C1. The Hall–Kier alpha value is -0.770. The predicted molar refractivity (Wildman–Crippen MR) is 66.4 cm³/mol. The quantitative estimate of drug-likeness (QED) is 0.798. The van der Waals surface area contributed by atoms with Gasteiger partial charge in [-0.1, -0.05) is 13.8 Å². The molecule has 84 valence electrons. The van der Waals surface area contributed by atoms with Crippen LogP contribution in [-0.4, -0.2) is 17.5 Å². The van der Waals surface area contributed by atoms with Crippen LogP contribution >= 0.6 is 11.5 Å². The molecule has 1 fully saturated rings. The van der Waals surface area contributed by atoms with Gasteiger partial charge in [0.1, 0.15) is 10.8 Å². The Balaban J connectivity index is 2.20. The van der Waals surface area contributed by atoms with E-state index >= 15 is 0 Å². The van der Waals surface area contributed by atoms with Crippen molar-refractivity contribution in [1.82, 2.24) is 4.37 Å². The van der Waals surface area contributed by atoms with Gasteiger partial charge >= 0.3 is 0 Å². The Bertz CT molecular complexity index is 338. The summed E-state index contributed by atoms with van der Waals surface area (Å²) in [6.07, 6.45) is 1.34. The van der Waals surface area contributed by atoms with E-state index in [1.807, 2.05) is 0 Å². The van der Waals surface area contributed by atoms with Crippen molar-refractivity contribution in [3.8, 4) is 0 Å². The zero-order chi connectivity index (χ0) is 11.0. The predicted octanol–water partition coefficient (Wildman–Crippen LogP) is 2.52. The van der Waals surface area contributed by atoms with Gasteiger partial charge in [0.15, 0.2) is 0 Å². The van der Waals surface area contributed by atoms with Crippen LogP contribution in [-0.2, 0) is 0 Å². The van der Waals surface area contributed by atoms with E-state index in [1.165, 1.54) is 23.0 Å². The van der Waals surface area contributed by atoms with E-state index in [0.717, 1.165) is 30.5 Å². The molecule has 0 aromatic carbocycles. The molecule has 0 radical (unpaired) electrons. The number of hydrogen-bond donors (Lipinski definition) is 1. The molecule has 3 nitrogen and oxygen atoms in total. The summed E-state index contributed by atoms with van der Waals surface area (Å²) in [5, 5.41) is 1.27. The van der Waals surface area contributed by atoms with Gasteiger partial charge in [-0.2, -0.15) is 4.37 Å². The third-order valence-corrected chi connectivity index (χ3v) is 4.12. The molecule has 1 saturated heterocycles. The summed E-state index contributed by atoms with van der Waals surface area (Å²) in [5.74, 6) is 2.24. The molecule has 1 aliphatic rings. The summed E-state index contributed by atoms with van der Waals surface area (Å²) < 4.78 is 4.22. The van der Waals surface area contributed by atoms with E-state index in [2.05, 4.69) is 30.0 Å². The first-order valence-corrected chi connectivity index (χ1v) is 6.32. The van der Waals surface area contributed by atoms with Gasteiger partial charge in [0.2, 0.25) is 0 Å². The van der Waals surface area contributed by atoms with Gasteiger partial charge in [-0.3, -0.25) is 0 Å². The molecule has 0 bridgehead atoms. The van der Waals surface area contributed by atoms with Crippen molar-refractivity contribution in [2.75, 3.05) is 23.7 Å². The fourth-order valence-corrected chi connectivity index (χ4v) is 3.29. The number of piperidine rings is 1. The van der Waals surface area contributed by atoms with Crippen molar-refractivity contribution >= 4 is 22.4 Å². The molecule has 4 heteroatoms. The number of nitrogens with two attached hydrogens (primary N) is 1. The zero-order valence-electron chi connectivity index (χ0n) is 9.66. The minimum Gasteiger partial charge on any atom is -0.383 e. The van der Waals surface area contributed by atoms with Gasteiger partial charge in [0.05, 0.1) is 0 Å². The maximum Gasteiger partial charge on any atom is 0.142 e. The highest BCUT2D eigenvalue weighted by Crippen LogP contribution is 2.33. The molecule has 2 rings (SSSR count). The second-order valence-electron chi connectivity index (χ2n) is 4.85. The second kappa shape index (κ2) is 4.00. The molecule has 2 heterocycles. The smallest absolute Gasteiger partial charge is 0.142 e. The van der Waals surface area contributed by atoms with Crippen LogP contribution in [0.25, 0.3) is 0 Å². The van der Waals surface area contributed by atoms with Crippen molar-refractivity contribution in [3.05, 3.63) is 5.56 Å². The lowest BCUT2D eigenvalue weighted by Crippen LogP contribution is -2.38. The van der Waals surface area contributed by atoms with Crippen LogP contribution < -0.4 is 10.6 Å². The lowest BCUT2D eigenvalue weighted by molar-refractivity contribution is 0.358. The van der Waals surface area contributed by atoms with Gasteiger partial charge in [-0.25, -0.2) is 0 Å². The zero-order valence-corrected chi connectivity index (χ0v) is 10.5. The number of nitrogen functional groups attached to an aromatic ring is 1. The normalized spacial score (nSPS) is 27.0. The second-order valence-corrected chi connectivity index (χ2v) is 5.60. The molecule has 1 aromatic heterocycles. The standard InChI is InChI=1S/C11H19N3S/c1-7-4-8(2)6-14(5-7)11-9(3)10(12)13-15-11/h7-8H,4-6H2,1-3H3,(H2,12,13). The highest BCUT2D eigenvalue weighted by molar-refractivity contribution is 7.10. The highest BCUT2D eigenvalue weighted by atomic mass is 32.1. The minimum atomic E-state index is 0.695. The number of hydrogen-bond acceptors (Lipinski definition) is 4. The summed E-state index contributed by atoms with van der Waals surface area (Å²) in [5.41, 5.74) is 6.94. The van der Waals surface area contributed by atoms with Crippen LogP contribution in [0, 0.1) is 18.8 Å². The molecule has 2 atom stereocenters. The third-order valence-electron chi connectivity index (χ3n) is 3.09. The first-order chi connectivity index (χ1) is 7.08. The summed E-state index contributed by atoms with van der Waals surface area (Å²) in [7, 11) is 0. The number of nitrogens with zero attached hydrogens (tertiary/aromatic N) is 2. The largest absolute Gasteiger partial charge is 0.383 e. The molecule has 2 N–H and O–H groups in total. The third kappa shape index (κ3) is 2.09. The first kappa shape index (κ1) is 10.7. The summed E-state index contributed by atoms with van der Waals surface area (Å²) in [6, 6.07) is 0. The average Bonchev–Trinajstić information content (AvgIpc) is 2.46. The Morgan fingerprint density at radius 3 is 2.40 bits per heavy atom. The van der Waals surface area contributed by atoms with Gasteiger partial charge < -0.3 is 10.6 Å². The van der Waals surface area contributed by atoms with Crippen LogP contribution in [0.1, 0.15) is 25.8 Å². The van der Waals surface area contributed by atoms with Crippen LogP contribution in [0.15, 0.2) is 0 Å². The highest BCUT2D eigenvalue weighted by Gasteiger charge is 2.24. The molecule has 0 spiro atoms. The van der Waals surface area contributed by atoms with Gasteiger partial charge in [0.25, 0.3) is 0 Å². The van der Waals surface area contributed by atoms with E-state index in [9.17, 15) is 0 Å². The van der Waals surface area contributed by atoms with Crippen molar-refractivity contribution in [3.63, 3.8) is 0 Å². The lowest BCUT2D eigenvalue weighted by atomic mass is 9.92. The lowest BCUT2D eigenvalue weighted by Gasteiger charge is -2.35. The maximum absolute atomic E-state index is 5.79. The van der Waals surface area contributed by atoms with E-state index in [4.69, 9.17) is 5.73 Å². The topological polar surface area (TPSA) is 42.1 Å². The van der Waals surface area contributed by atoms with Gasteiger partial charge in [-0.05, 0) is 36.7 Å². The van der Waals surface area contributed by atoms with Gasteiger partial charge in [0, 0.05) is 18.7 Å². The van der Waals surface area contributed by atoms with Crippen LogP contribution in [0.3, 0.4) is 0 Å². The number of anilines is 2. The van der Waals surface area contributed by atoms with Crippen LogP contribution in [0.2, 0.25) is 0 Å². The Labute approximate surface area is 95.4 Å². The molecule has 0 saturated carbocycles. The molecule has 2 unspecified atom stereocenters. The van der Waals surface area contributed by atoms with Crippen molar-refractivity contribution < 1.29 is 0 Å². The molecule has 0 aliphatic carbocycles. The Morgan fingerprint density at radius 1 is 1.33 bits per heavy atom. The monoisotopic (exact) mass is 225 g/mol. The molecule has 0 amide bonds. The molecule has 1 aromatic rings. The molecular formula is C11H19N3S. The molecule has 1 aliphatic heterocycles. The van der Waals surface area contributed by atoms with E-state index in [-0.39, 0.29) is 0 Å². The van der Waals surface area contributed by atoms with E-state index in [0.29, 0.717) is 5.82 Å². The maximum atomic E-state index is 5.79. The fraction of sp³-hybridized carbons (Fsp3) is 0.727. The molecule has 15 heavy (non-hydrogen) atoms. The van der Waals surface area contributed by atoms with E-state index in [1.54, 1.807) is 0 Å². The molecular weight excluding hydrogens is 206 g/mol. The van der Waals surface area contributed by atoms with Crippen molar-refractivity contribution in [2.24, 2.45) is 11.8 Å². The minimum absolute atomic E-state index is 0.695. The summed E-state index contributed by atoms with van der Waals surface area (Å²) >= 11 is 1.54. The van der Waals surface area contributed by atoms with Crippen molar-refractivity contribution in [2.45, 2.75) is 27.2 Å². The van der Waals surface area contributed by atoms with Crippen LogP contribution in [0.4, 0.5) is 10.8 Å². The van der Waals surface area contributed by atoms with E-state index < -0.39 is 0 Å². The van der Waals surface area contributed by atoms with Crippen LogP contribution in [0.5, 0.6) is 0 Å². The Kier molecular flexibility index (Phi) is 2.87. The fourth-order valence-electron chi connectivity index (χ4n) is 2.46. The first-order valence-electron chi connectivity index (χ1n) is 5.54. The number of aromatic nitrogens is 1. The Morgan fingerprint density at radius 2 is 1.93 bits per heavy atom. The van der Waals surface area contributed by atoms with Gasteiger partial charge in [-0.15, -0.1) is 0 Å². The summed E-state index contributed by atoms with van der Waals surface area (Å²) in [6.45, 7) is 9.00. The van der Waals surface area contributed by atoms with Crippen molar-refractivity contribution in [1.29, 1.82) is 0 Å². The number of rotatable bonds is 1. The average molecular weight is 225 g/mol.